The van der Waals surface area contributed by atoms with Crippen LogP contribution in [0.1, 0.15) is 62.2 Å². The van der Waals surface area contributed by atoms with Crippen molar-refractivity contribution in [1.82, 2.24) is 0 Å². The summed E-state index contributed by atoms with van der Waals surface area (Å²) < 4.78 is 5.71. The molecule has 2 heteroatoms. The van der Waals surface area contributed by atoms with E-state index in [-0.39, 0.29) is 11.4 Å². The van der Waals surface area contributed by atoms with Crippen LogP contribution in [0, 0.1) is 34.5 Å². The minimum Gasteiger partial charge on any atom is -0.423 e. The molecule has 1 aromatic carbocycles. The number of rotatable bonds is 2. The van der Waals surface area contributed by atoms with Crippen LogP contribution in [0.2, 0.25) is 0 Å². The smallest absolute Gasteiger partial charge is 0.343 e. The number of ether oxygens (including phenoxy) is 1. The Bertz CT molecular complexity index is 939. The lowest BCUT2D eigenvalue weighted by Crippen LogP contribution is -2.52. The number of carbonyl (C=O) groups excluding carboxylic acids is 1. The predicted molar refractivity (Wildman–Crippen MR) is 114 cm³/mol. The molecule has 0 aliphatic heterocycles. The maximum Gasteiger partial charge on any atom is 0.343 e. The molecule has 5 aliphatic rings. The molecular weight excluding hydrogens is 356 g/mol. The maximum atomic E-state index is 12.5. The first kappa shape index (κ1) is 17.7. The molecule has 4 unspecified atom stereocenters. The van der Waals surface area contributed by atoms with Crippen molar-refractivity contribution in [2.24, 2.45) is 34.5 Å². The Morgan fingerprint density at radius 1 is 1.03 bits per heavy atom. The molecule has 0 aromatic heterocycles. The van der Waals surface area contributed by atoms with Crippen molar-refractivity contribution in [3.05, 3.63) is 71.5 Å². The quantitative estimate of drug-likeness (QED) is 0.545. The van der Waals surface area contributed by atoms with E-state index in [9.17, 15) is 4.79 Å². The van der Waals surface area contributed by atoms with Gasteiger partial charge < -0.3 is 4.74 Å². The molecule has 1 spiro atoms. The zero-order chi connectivity index (χ0) is 19.6. The fourth-order valence-corrected chi connectivity index (χ4v) is 7.85. The van der Waals surface area contributed by atoms with Crippen LogP contribution in [0.15, 0.2) is 66.0 Å². The zero-order valence-electron chi connectivity index (χ0n) is 17.3. The van der Waals surface area contributed by atoms with Crippen molar-refractivity contribution in [3.8, 4) is 0 Å². The van der Waals surface area contributed by atoms with E-state index < -0.39 is 0 Å². The van der Waals surface area contributed by atoms with Gasteiger partial charge in [0, 0.05) is 5.41 Å². The Labute approximate surface area is 173 Å². The molecular formula is C27H30O2. The van der Waals surface area contributed by atoms with E-state index in [1.165, 1.54) is 50.5 Å². The summed E-state index contributed by atoms with van der Waals surface area (Å²) >= 11 is 0. The Morgan fingerprint density at radius 3 is 2.66 bits per heavy atom. The van der Waals surface area contributed by atoms with E-state index in [1.807, 2.05) is 24.3 Å². The number of benzene rings is 1. The number of hydrogen-bond acceptors (Lipinski definition) is 2. The predicted octanol–water partition coefficient (Wildman–Crippen LogP) is 6.47. The maximum absolute atomic E-state index is 12.5. The number of carbonyl (C=O) groups is 1. The molecule has 0 saturated heterocycles. The lowest BCUT2D eigenvalue weighted by molar-refractivity contribution is -0.0835. The van der Waals surface area contributed by atoms with Crippen molar-refractivity contribution >= 4 is 5.97 Å². The largest absolute Gasteiger partial charge is 0.423 e. The van der Waals surface area contributed by atoms with Crippen molar-refractivity contribution < 1.29 is 9.53 Å². The second kappa shape index (κ2) is 6.20. The highest BCUT2D eigenvalue weighted by atomic mass is 16.5. The van der Waals surface area contributed by atoms with Gasteiger partial charge in [0.2, 0.25) is 0 Å². The highest BCUT2D eigenvalue weighted by Crippen LogP contribution is 2.71. The summed E-state index contributed by atoms with van der Waals surface area (Å²) in [5.41, 5.74) is 2.76. The van der Waals surface area contributed by atoms with Crippen molar-refractivity contribution in [3.63, 3.8) is 0 Å². The highest BCUT2D eigenvalue weighted by Gasteiger charge is 2.62. The minimum atomic E-state index is -0.277. The van der Waals surface area contributed by atoms with Gasteiger partial charge in [-0.05, 0) is 104 Å². The van der Waals surface area contributed by atoms with Gasteiger partial charge >= 0.3 is 5.97 Å². The van der Waals surface area contributed by atoms with Gasteiger partial charge in [-0.3, -0.25) is 0 Å². The van der Waals surface area contributed by atoms with Crippen LogP contribution in [0.4, 0.5) is 0 Å². The third-order valence-corrected chi connectivity index (χ3v) is 9.40. The summed E-state index contributed by atoms with van der Waals surface area (Å²) in [6, 6.07) is 9.26. The summed E-state index contributed by atoms with van der Waals surface area (Å²) in [5.74, 6) is 3.96. The number of esters is 1. The Balaban J connectivity index is 1.26. The number of hydrogen-bond donors (Lipinski definition) is 0. The van der Waals surface area contributed by atoms with E-state index in [0.29, 0.717) is 16.7 Å². The van der Waals surface area contributed by atoms with Crippen LogP contribution < -0.4 is 0 Å². The van der Waals surface area contributed by atoms with Crippen LogP contribution in [0.5, 0.6) is 0 Å². The van der Waals surface area contributed by atoms with E-state index in [4.69, 9.17) is 4.74 Å². The Morgan fingerprint density at radius 2 is 1.86 bits per heavy atom. The van der Waals surface area contributed by atoms with Crippen LogP contribution in [-0.2, 0) is 4.74 Å². The second-order valence-corrected chi connectivity index (χ2v) is 10.3. The number of fused-ring (bicyclic) bond motifs is 4. The molecule has 5 aliphatic carbocycles. The summed E-state index contributed by atoms with van der Waals surface area (Å²) in [4.78, 5) is 12.5. The molecule has 150 valence electrons. The van der Waals surface area contributed by atoms with Gasteiger partial charge in [-0.2, -0.15) is 0 Å². The van der Waals surface area contributed by atoms with Crippen molar-refractivity contribution in [2.75, 3.05) is 0 Å². The first-order chi connectivity index (χ1) is 14.1. The van der Waals surface area contributed by atoms with E-state index in [0.717, 1.165) is 23.7 Å². The average Bonchev–Trinajstić information content (AvgIpc) is 2.99. The second-order valence-electron chi connectivity index (χ2n) is 10.3. The van der Waals surface area contributed by atoms with Crippen molar-refractivity contribution in [2.45, 2.75) is 51.9 Å². The van der Waals surface area contributed by atoms with E-state index >= 15 is 0 Å². The molecule has 3 fully saturated rings. The molecule has 0 radical (unpaired) electrons. The molecule has 1 aromatic rings. The van der Waals surface area contributed by atoms with Crippen molar-refractivity contribution in [1.29, 1.82) is 0 Å². The Kier molecular flexibility index (Phi) is 3.79. The first-order valence-electron chi connectivity index (χ1n) is 11.5. The lowest BCUT2D eigenvalue weighted by atomic mass is 9.44. The van der Waals surface area contributed by atoms with Gasteiger partial charge in [-0.15, -0.1) is 0 Å². The normalized spacial score (nSPS) is 41.7. The van der Waals surface area contributed by atoms with Gasteiger partial charge in [-0.1, -0.05) is 37.3 Å². The lowest BCUT2D eigenvalue weighted by Gasteiger charge is -2.60. The highest BCUT2D eigenvalue weighted by molar-refractivity contribution is 5.90. The van der Waals surface area contributed by atoms with Crippen LogP contribution in [0.25, 0.3) is 0 Å². The van der Waals surface area contributed by atoms with E-state index in [2.05, 4.69) is 25.2 Å². The summed E-state index contributed by atoms with van der Waals surface area (Å²) in [5, 5.41) is 0. The van der Waals surface area contributed by atoms with Crippen LogP contribution in [-0.4, -0.2) is 5.97 Å². The molecule has 0 amide bonds. The van der Waals surface area contributed by atoms with Gasteiger partial charge in [0.25, 0.3) is 0 Å². The molecule has 29 heavy (non-hydrogen) atoms. The zero-order valence-corrected chi connectivity index (χ0v) is 17.3. The van der Waals surface area contributed by atoms with Gasteiger partial charge in [0.15, 0.2) is 0 Å². The van der Waals surface area contributed by atoms with Gasteiger partial charge in [0.05, 0.1) is 5.56 Å². The Hall–Kier alpha value is -2.09. The minimum absolute atomic E-state index is 0.0923. The third kappa shape index (κ3) is 2.44. The standard InChI is InChI=1S/C27H30O2/c1-26-14-12-21(29-25(28)18-5-3-2-4-6-18)17-20(26)7-9-22-23(26)13-16-27-15-11-19(27)8-10-24(22)27/h2-7,12,14,17,19,22-24H,8-11,13,15-16H2,1H3/t19?,22?,23?,24?,26-,27+/m0/s1. The molecule has 0 heterocycles. The average molecular weight is 387 g/mol. The third-order valence-electron chi connectivity index (χ3n) is 9.40. The SMILES string of the molecule is C[C@]12C=CC(OC(=O)c3ccccc3)=CC1=CCC1C3CCC4CC[C@@]43CCC12. The summed E-state index contributed by atoms with van der Waals surface area (Å²) in [6.07, 6.45) is 18.9. The van der Waals surface area contributed by atoms with Crippen LogP contribution >= 0.6 is 0 Å². The fraction of sp³-hybridized carbons (Fsp3) is 0.519. The molecule has 3 saturated carbocycles. The topological polar surface area (TPSA) is 26.3 Å². The molecule has 6 rings (SSSR count). The number of allylic oxidation sites excluding steroid dienone is 5. The molecule has 6 atom stereocenters. The summed E-state index contributed by atoms with van der Waals surface area (Å²) in [7, 11) is 0. The van der Waals surface area contributed by atoms with E-state index in [1.54, 1.807) is 12.1 Å². The summed E-state index contributed by atoms with van der Waals surface area (Å²) in [6.45, 7) is 2.42. The van der Waals surface area contributed by atoms with Gasteiger partial charge in [0.1, 0.15) is 5.76 Å². The molecule has 0 N–H and O–H groups in total. The fourth-order valence-electron chi connectivity index (χ4n) is 7.85. The molecule has 0 bridgehead atoms. The molecule has 2 nitrogen and oxygen atoms in total. The first-order valence-corrected chi connectivity index (χ1v) is 11.5. The van der Waals surface area contributed by atoms with Gasteiger partial charge in [-0.25, -0.2) is 4.79 Å². The van der Waals surface area contributed by atoms with Crippen LogP contribution in [0.3, 0.4) is 0 Å². The monoisotopic (exact) mass is 386 g/mol.